The molecule has 0 saturated carbocycles. The minimum atomic E-state index is 0.639. The number of hydrogen-bond acceptors (Lipinski definition) is 3. The number of pyridine rings is 1. The van der Waals surface area contributed by atoms with Gasteiger partial charge in [-0.3, -0.25) is 4.40 Å². The summed E-state index contributed by atoms with van der Waals surface area (Å²) in [5.41, 5.74) is 6.57. The van der Waals surface area contributed by atoms with Crippen molar-refractivity contribution in [3.05, 3.63) is 75.8 Å². The van der Waals surface area contributed by atoms with Crippen LogP contribution in [0.25, 0.3) is 16.7 Å². The molecule has 0 saturated heterocycles. The highest BCUT2D eigenvalue weighted by molar-refractivity contribution is 6.30. The van der Waals surface area contributed by atoms with Crippen molar-refractivity contribution >= 4 is 34.1 Å². The molecule has 0 atom stereocenters. The first-order chi connectivity index (χ1) is 16.1. The zero-order valence-corrected chi connectivity index (χ0v) is 20.3. The average Bonchev–Trinajstić information content (AvgIpc) is 3.20. The molecular formula is C28H31ClN4. The van der Waals surface area contributed by atoms with Crippen LogP contribution in [0.1, 0.15) is 67.7 Å². The van der Waals surface area contributed by atoms with Gasteiger partial charge in [-0.25, -0.2) is 4.98 Å². The second-order valence-corrected chi connectivity index (χ2v) is 9.13. The lowest BCUT2D eigenvalue weighted by Crippen LogP contribution is -2.12. The van der Waals surface area contributed by atoms with Gasteiger partial charge in [0, 0.05) is 23.6 Å². The maximum atomic E-state index is 10.0. The lowest BCUT2D eigenvalue weighted by atomic mass is 9.97. The van der Waals surface area contributed by atoms with E-state index in [2.05, 4.69) is 40.9 Å². The van der Waals surface area contributed by atoms with E-state index < -0.39 is 0 Å². The van der Waals surface area contributed by atoms with Gasteiger partial charge < -0.3 is 5.32 Å². The van der Waals surface area contributed by atoms with Crippen molar-refractivity contribution in [3.63, 3.8) is 0 Å². The molecule has 0 bridgehead atoms. The number of unbranched alkanes of at least 4 members (excludes halogenated alkanes) is 5. The number of halogens is 1. The summed E-state index contributed by atoms with van der Waals surface area (Å²) in [5.74, 6) is 1.04. The highest BCUT2D eigenvalue weighted by Crippen LogP contribution is 2.32. The average molecular weight is 459 g/mol. The molecule has 0 radical (unpaired) electrons. The first-order valence-corrected chi connectivity index (χ1v) is 12.3. The van der Waals surface area contributed by atoms with Crippen molar-refractivity contribution < 1.29 is 0 Å². The summed E-state index contributed by atoms with van der Waals surface area (Å²) in [5, 5.41) is 14.5. The quantitative estimate of drug-likeness (QED) is 0.248. The molecule has 0 aliphatic rings. The monoisotopic (exact) mass is 458 g/mol. The van der Waals surface area contributed by atoms with Crippen molar-refractivity contribution in [3.8, 4) is 6.07 Å². The molecule has 0 amide bonds. The van der Waals surface area contributed by atoms with Gasteiger partial charge in [-0.2, -0.15) is 5.26 Å². The number of rotatable bonds is 10. The molecular weight excluding hydrogens is 428 g/mol. The van der Waals surface area contributed by atoms with Crippen LogP contribution >= 0.6 is 11.6 Å². The Morgan fingerprint density at radius 3 is 2.48 bits per heavy atom. The Morgan fingerprint density at radius 2 is 1.73 bits per heavy atom. The van der Waals surface area contributed by atoms with Gasteiger partial charge in [0.05, 0.1) is 16.6 Å². The van der Waals surface area contributed by atoms with Crippen LogP contribution in [0.15, 0.2) is 48.5 Å². The maximum Gasteiger partial charge on any atom is 0.157 e. The Kier molecular flexibility index (Phi) is 7.52. The molecule has 0 aliphatic heterocycles. The smallest absolute Gasteiger partial charge is 0.157 e. The summed E-state index contributed by atoms with van der Waals surface area (Å²) in [6, 6.07) is 18.5. The number of imidazole rings is 1. The number of benzene rings is 2. The van der Waals surface area contributed by atoms with Crippen molar-refractivity contribution in [2.45, 2.75) is 58.8 Å². The fourth-order valence-electron chi connectivity index (χ4n) is 4.51. The first-order valence-electron chi connectivity index (χ1n) is 11.9. The number of hydrogen-bond donors (Lipinski definition) is 1. The number of aromatic nitrogens is 2. The molecule has 170 valence electrons. The van der Waals surface area contributed by atoms with Crippen LogP contribution in [0.3, 0.4) is 0 Å². The van der Waals surface area contributed by atoms with Crippen LogP contribution in [-0.2, 0) is 6.42 Å². The lowest BCUT2D eigenvalue weighted by Gasteiger charge is -2.19. The normalized spacial score (nSPS) is 11.2. The van der Waals surface area contributed by atoms with E-state index in [1.807, 2.05) is 37.3 Å². The summed E-state index contributed by atoms with van der Waals surface area (Å²) in [7, 11) is 0. The van der Waals surface area contributed by atoms with Gasteiger partial charge in [-0.05, 0) is 48.7 Å². The SMILES string of the molecule is CCCCCCCCNc1c(Cc2ccc(Cl)cc2)c(C)c(C#N)c2nc3ccccc3n12. The molecule has 4 rings (SSSR count). The molecule has 1 N–H and O–H groups in total. The summed E-state index contributed by atoms with van der Waals surface area (Å²) in [6.45, 7) is 5.18. The van der Waals surface area contributed by atoms with E-state index in [-0.39, 0.29) is 0 Å². The predicted octanol–water partition coefficient (Wildman–Crippen LogP) is 7.68. The zero-order valence-electron chi connectivity index (χ0n) is 19.5. The van der Waals surface area contributed by atoms with Crippen molar-refractivity contribution in [2.75, 3.05) is 11.9 Å². The van der Waals surface area contributed by atoms with Gasteiger partial charge in [-0.15, -0.1) is 0 Å². The molecule has 4 aromatic rings. The molecule has 2 aromatic heterocycles. The van der Waals surface area contributed by atoms with Crippen LogP contribution in [0, 0.1) is 18.3 Å². The summed E-state index contributed by atoms with van der Waals surface area (Å²) in [4.78, 5) is 4.83. The second kappa shape index (κ2) is 10.7. The van der Waals surface area contributed by atoms with Gasteiger partial charge >= 0.3 is 0 Å². The number of nitriles is 1. The molecule has 0 fully saturated rings. The second-order valence-electron chi connectivity index (χ2n) is 8.70. The number of nitrogens with zero attached hydrogens (tertiary/aromatic N) is 3. The molecule has 0 unspecified atom stereocenters. The van der Waals surface area contributed by atoms with E-state index in [9.17, 15) is 5.26 Å². The molecule has 2 heterocycles. The first kappa shape index (κ1) is 23.1. The Labute approximate surface area is 201 Å². The third-order valence-corrected chi connectivity index (χ3v) is 6.60. The van der Waals surface area contributed by atoms with Crippen molar-refractivity contribution in [1.82, 2.24) is 9.38 Å². The summed E-state index contributed by atoms with van der Waals surface area (Å²) >= 11 is 6.12. The third kappa shape index (κ3) is 4.99. The van der Waals surface area contributed by atoms with Gasteiger partial charge in [0.25, 0.3) is 0 Å². The van der Waals surface area contributed by atoms with Crippen LogP contribution in [0.4, 0.5) is 5.82 Å². The largest absolute Gasteiger partial charge is 0.371 e. The number of para-hydroxylation sites is 2. The Morgan fingerprint density at radius 1 is 1.00 bits per heavy atom. The molecule has 4 nitrogen and oxygen atoms in total. The summed E-state index contributed by atoms with van der Waals surface area (Å²) in [6.07, 6.45) is 8.24. The Balaban J connectivity index is 1.76. The molecule has 2 aromatic carbocycles. The van der Waals surface area contributed by atoms with E-state index in [1.165, 1.54) is 32.1 Å². The van der Waals surface area contributed by atoms with Crippen LogP contribution in [-0.4, -0.2) is 15.9 Å². The third-order valence-electron chi connectivity index (χ3n) is 6.35. The van der Waals surface area contributed by atoms with E-state index >= 15 is 0 Å². The zero-order chi connectivity index (χ0) is 23.2. The molecule has 33 heavy (non-hydrogen) atoms. The standard InChI is InChI=1S/C28H31ClN4/c1-3-4-5-6-7-10-17-31-27-23(18-21-13-15-22(29)16-14-21)20(2)24(19-30)28-32-25-11-8-9-12-26(25)33(27)28/h8-9,11-16,31H,3-7,10,17-18H2,1-2H3. The van der Waals surface area contributed by atoms with Crippen LogP contribution < -0.4 is 5.32 Å². The molecule has 5 heteroatoms. The minimum absolute atomic E-state index is 0.639. The van der Waals surface area contributed by atoms with Crippen LogP contribution in [0.2, 0.25) is 5.02 Å². The highest BCUT2D eigenvalue weighted by atomic mass is 35.5. The van der Waals surface area contributed by atoms with Crippen LogP contribution in [0.5, 0.6) is 0 Å². The fourth-order valence-corrected chi connectivity index (χ4v) is 4.63. The van der Waals surface area contributed by atoms with Gasteiger partial charge in [-0.1, -0.05) is 74.9 Å². The maximum absolute atomic E-state index is 10.0. The van der Waals surface area contributed by atoms with Gasteiger partial charge in [0.2, 0.25) is 0 Å². The number of nitrogens with one attached hydrogen (secondary N) is 1. The van der Waals surface area contributed by atoms with E-state index in [4.69, 9.17) is 16.6 Å². The Bertz CT molecular complexity index is 1280. The topological polar surface area (TPSA) is 53.1 Å². The van der Waals surface area contributed by atoms with E-state index in [0.29, 0.717) is 5.56 Å². The molecule has 0 aliphatic carbocycles. The summed E-state index contributed by atoms with van der Waals surface area (Å²) < 4.78 is 2.14. The van der Waals surface area contributed by atoms with Crippen molar-refractivity contribution in [2.24, 2.45) is 0 Å². The van der Waals surface area contributed by atoms with Crippen molar-refractivity contribution in [1.29, 1.82) is 5.26 Å². The number of fused-ring (bicyclic) bond motifs is 3. The van der Waals surface area contributed by atoms with E-state index in [1.54, 1.807) is 0 Å². The predicted molar refractivity (Wildman–Crippen MR) is 138 cm³/mol. The van der Waals surface area contributed by atoms with Gasteiger partial charge in [0.15, 0.2) is 5.65 Å². The lowest BCUT2D eigenvalue weighted by molar-refractivity contribution is 0.616. The minimum Gasteiger partial charge on any atom is -0.371 e. The molecule has 0 spiro atoms. The fraction of sp³-hybridized carbons (Fsp3) is 0.357. The van der Waals surface area contributed by atoms with E-state index in [0.717, 1.165) is 63.6 Å². The highest BCUT2D eigenvalue weighted by Gasteiger charge is 2.20. The Hall–Kier alpha value is -3.03. The van der Waals surface area contributed by atoms with Gasteiger partial charge in [0.1, 0.15) is 11.9 Å². The number of anilines is 1.